The van der Waals surface area contributed by atoms with Crippen LogP contribution in [0.1, 0.15) is 71.3 Å². The van der Waals surface area contributed by atoms with Gasteiger partial charge < -0.3 is 25.8 Å². The van der Waals surface area contributed by atoms with E-state index in [2.05, 4.69) is 74.5 Å². The maximum atomic E-state index is 13.6. The zero-order valence-corrected chi connectivity index (χ0v) is 45.2. The van der Waals surface area contributed by atoms with E-state index in [1.807, 2.05) is 66.1 Å². The normalized spacial score (nSPS) is 15.4. The summed E-state index contributed by atoms with van der Waals surface area (Å²) in [5.41, 5.74) is 10.8. The molecule has 3 saturated heterocycles. The van der Waals surface area contributed by atoms with Gasteiger partial charge in [0.15, 0.2) is 12.0 Å². The Hall–Kier alpha value is -7.11. The number of hydrogen-bond donors (Lipinski definition) is 3. The zero-order chi connectivity index (χ0) is 55.0. The molecule has 5 aromatic rings. The van der Waals surface area contributed by atoms with E-state index in [0.29, 0.717) is 55.0 Å². The van der Waals surface area contributed by atoms with Gasteiger partial charge >= 0.3 is 0 Å². The number of anilines is 1. The van der Waals surface area contributed by atoms with Crippen LogP contribution in [0.2, 0.25) is 0 Å². The fraction of sp³-hybridized carbons (Fsp3) is 0.373. The topological polar surface area (TPSA) is 181 Å². The summed E-state index contributed by atoms with van der Waals surface area (Å²) < 4.78 is 13.3. The van der Waals surface area contributed by atoms with Crippen LogP contribution >= 0.6 is 11.6 Å². The molecule has 0 aliphatic carbocycles. The van der Waals surface area contributed by atoms with Crippen molar-refractivity contribution < 1.29 is 23.6 Å². The van der Waals surface area contributed by atoms with Crippen LogP contribution in [0.3, 0.4) is 0 Å². The average Bonchev–Trinajstić information content (AvgIpc) is 3.46. The SMILES string of the molecule is C=C/C=C\C(=C)/C=C/N.CC.CCc1cccc(-c2cnc(C(=O)N3CCN(CC4CCN(CC(=O)N5CCN(C)CC5)CC4)CC3)c(NC(=O)CCl)c2)c1.O=Cc1cc(Cc2n[nH]c(=O)c3ccccc23)ccc1F. The number of piperidine rings is 1. The number of carbonyl (C=O) groups excluding carboxylic acids is 4. The first-order valence-corrected chi connectivity index (χ1v) is 26.6. The molecule has 3 aliphatic rings. The second kappa shape index (κ2) is 31.1. The lowest BCUT2D eigenvalue weighted by Gasteiger charge is -2.39. The van der Waals surface area contributed by atoms with Crippen molar-refractivity contribution in [2.75, 3.05) is 96.8 Å². The molecule has 0 spiro atoms. The number of halogens is 2. The van der Waals surface area contributed by atoms with Crippen molar-refractivity contribution in [1.29, 1.82) is 0 Å². The van der Waals surface area contributed by atoms with Crippen LogP contribution in [-0.2, 0) is 22.4 Å². The van der Waals surface area contributed by atoms with Crippen LogP contribution in [0.15, 0.2) is 133 Å². The predicted molar refractivity (Wildman–Crippen MR) is 304 cm³/mol. The van der Waals surface area contributed by atoms with Crippen LogP contribution in [-0.4, -0.2) is 155 Å². The summed E-state index contributed by atoms with van der Waals surface area (Å²) in [6.07, 6.45) is 14.2. The lowest BCUT2D eigenvalue weighted by Crippen LogP contribution is -2.52. The molecule has 3 aliphatic heterocycles. The van der Waals surface area contributed by atoms with E-state index >= 15 is 0 Å². The predicted octanol–water partition coefficient (Wildman–Crippen LogP) is 7.98. The highest BCUT2D eigenvalue weighted by Gasteiger charge is 2.29. The van der Waals surface area contributed by atoms with Gasteiger partial charge in [-0.15, -0.1) is 11.6 Å². The number of allylic oxidation sites excluding steroid dienone is 5. The van der Waals surface area contributed by atoms with E-state index in [1.165, 1.54) is 23.9 Å². The number of hydrogen-bond acceptors (Lipinski definition) is 11. The molecule has 3 amide bonds. The van der Waals surface area contributed by atoms with E-state index in [4.69, 9.17) is 17.3 Å². The largest absolute Gasteiger partial charge is 0.405 e. The number of aldehydes is 1. The summed E-state index contributed by atoms with van der Waals surface area (Å²) in [4.78, 5) is 76.5. The van der Waals surface area contributed by atoms with Gasteiger partial charge in [-0.1, -0.05) is 101 Å². The molecule has 0 unspecified atom stereocenters. The second-order valence-corrected chi connectivity index (χ2v) is 18.8. The zero-order valence-electron chi connectivity index (χ0n) is 44.5. The molecular formula is C59H74ClFN10O5. The number of nitrogens with zero attached hydrogens (tertiary/aromatic N) is 7. The molecule has 0 atom stereocenters. The Balaban J connectivity index is 0.000000273. The first-order chi connectivity index (χ1) is 36.8. The van der Waals surface area contributed by atoms with Gasteiger partial charge in [-0.2, -0.15) is 5.10 Å². The molecule has 2 aromatic heterocycles. The molecule has 0 radical (unpaired) electrons. The number of aryl methyl sites for hydroxylation is 1. The Bertz CT molecular complexity index is 2870. The van der Waals surface area contributed by atoms with Gasteiger partial charge in [0.25, 0.3) is 11.5 Å². The fourth-order valence-corrected chi connectivity index (χ4v) is 9.10. The minimum atomic E-state index is -0.548. The molecule has 3 aromatic carbocycles. The van der Waals surface area contributed by atoms with Crippen molar-refractivity contribution in [3.63, 3.8) is 0 Å². The molecule has 76 heavy (non-hydrogen) atoms. The summed E-state index contributed by atoms with van der Waals surface area (Å²) in [5, 5.41) is 10.6. The van der Waals surface area contributed by atoms with Crippen molar-refractivity contribution in [2.45, 2.75) is 46.5 Å². The van der Waals surface area contributed by atoms with E-state index < -0.39 is 5.82 Å². The van der Waals surface area contributed by atoms with E-state index in [0.717, 1.165) is 106 Å². The Labute approximate surface area is 452 Å². The number of amides is 3. The molecule has 5 heterocycles. The van der Waals surface area contributed by atoms with Gasteiger partial charge in [0.2, 0.25) is 11.8 Å². The van der Waals surface area contributed by atoms with E-state index in [1.54, 1.807) is 36.5 Å². The van der Waals surface area contributed by atoms with Gasteiger partial charge in [-0.3, -0.25) is 33.8 Å². The van der Waals surface area contributed by atoms with Crippen molar-refractivity contribution in [2.24, 2.45) is 11.7 Å². The Morgan fingerprint density at radius 1 is 0.855 bits per heavy atom. The van der Waals surface area contributed by atoms with Gasteiger partial charge in [0, 0.05) is 82.5 Å². The molecule has 17 heteroatoms. The number of rotatable bonds is 15. The van der Waals surface area contributed by atoms with Crippen LogP contribution in [0.4, 0.5) is 10.1 Å². The Morgan fingerprint density at radius 3 is 2.21 bits per heavy atom. The van der Waals surface area contributed by atoms with Gasteiger partial charge in [0.05, 0.1) is 28.9 Å². The van der Waals surface area contributed by atoms with Crippen molar-refractivity contribution in [3.05, 3.63) is 172 Å². The maximum Gasteiger partial charge on any atom is 0.274 e. The highest BCUT2D eigenvalue weighted by molar-refractivity contribution is 6.29. The quantitative estimate of drug-likeness (QED) is 0.0526. The van der Waals surface area contributed by atoms with Crippen LogP contribution in [0.25, 0.3) is 21.9 Å². The number of H-pyrrole nitrogens is 1. The number of likely N-dealkylation sites (tertiary alicyclic amines) is 1. The minimum absolute atomic E-state index is 0.0150. The molecule has 4 N–H and O–H groups in total. The molecule has 8 rings (SSSR count). The average molecular weight is 1060 g/mol. The Morgan fingerprint density at radius 2 is 1.55 bits per heavy atom. The second-order valence-electron chi connectivity index (χ2n) is 18.6. The van der Waals surface area contributed by atoms with E-state index in [9.17, 15) is 28.4 Å². The molecule has 15 nitrogen and oxygen atoms in total. The third-order valence-corrected chi connectivity index (χ3v) is 13.6. The van der Waals surface area contributed by atoms with Crippen molar-refractivity contribution >= 4 is 52.1 Å². The van der Waals surface area contributed by atoms with Crippen LogP contribution in [0.5, 0.6) is 0 Å². The number of aromatic nitrogens is 3. The highest BCUT2D eigenvalue weighted by atomic mass is 35.5. The summed E-state index contributed by atoms with van der Waals surface area (Å²) in [6.45, 7) is 23.2. The number of pyridine rings is 1. The van der Waals surface area contributed by atoms with Gasteiger partial charge in [-0.25, -0.2) is 14.5 Å². The lowest BCUT2D eigenvalue weighted by atomic mass is 9.96. The molecular weight excluding hydrogens is 983 g/mol. The molecule has 3 fully saturated rings. The number of aromatic amines is 1. The number of alkyl halides is 1. The van der Waals surface area contributed by atoms with Gasteiger partial charge in [0.1, 0.15) is 11.7 Å². The number of carbonyl (C=O) groups is 4. The summed E-state index contributed by atoms with van der Waals surface area (Å²) in [6, 6.07) is 21.5. The highest BCUT2D eigenvalue weighted by Crippen LogP contribution is 2.27. The smallest absolute Gasteiger partial charge is 0.274 e. The lowest BCUT2D eigenvalue weighted by molar-refractivity contribution is -0.134. The number of piperazine rings is 2. The minimum Gasteiger partial charge on any atom is -0.405 e. The molecule has 0 saturated carbocycles. The monoisotopic (exact) mass is 1060 g/mol. The number of benzene rings is 3. The third-order valence-electron chi connectivity index (χ3n) is 13.3. The number of fused-ring (bicyclic) bond motifs is 1. The first-order valence-electron chi connectivity index (χ1n) is 26.0. The van der Waals surface area contributed by atoms with Gasteiger partial charge in [-0.05, 0) is 104 Å². The third kappa shape index (κ3) is 17.8. The fourth-order valence-electron chi connectivity index (χ4n) is 9.03. The number of likely N-dealkylation sites (N-methyl/N-ethyl adjacent to an activating group) is 1. The Kier molecular flexibility index (Phi) is 24.4. The molecule has 0 bridgehead atoms. The van der Waals surface area contributed by atoms with Crippen molar-refractivity contribution in [3.8, 4) is 11.1 Å². The standard InChI is InChI=1S/C33H46ClN7O3.C16H11FN2O2.C8H11N.C2H6/c1-3-25-5-4-6-27(19-25)28-20-29(36-30(42)21-34)32(35-22-28)33(44)41-17-13-39(14-18-41)23-26-7-9-38(10-8-26)24-31(43)40-15-11-37(2)12-16-40;17-14-6-5-10(7-11(14)9-20)8-15-12-3-1-2-4-13(12)16(21)19-18-15;1-3-4-5-8(2)6-7-9;1-2/h4-6,19-20,22,26H,3,7-18,21,23-24H2,1-2H3,(H,36,42);1-7,9H,8H2,(H,19,21);3-7H,1-2,9H2;1-2H3/b;;5-4-,7-6+;. The number of nitrogens with two attached hydrogens (primary N) is 1. The summed E-state index contributed by atoms with van der Waals surface area (Å²) in [5.74, 6) is -0.438. The maximum absolute atomic E-state index is 13.6. The van der Waals surface area contributed by atoms with E-state index in [-0.39, 0.29) is 40.4 Å². The number of nitrogens with one attached hydrogen (secondary N) is 2. The summed E-state index contributed by atoms with van der Waals surface area (Å²) in [7, 11) is 2.11. The van der Waals surface area contributed by atoms with Crippen LogP contribution < -0.4 is 16.6 Å². The summed E-state index contributed by atoms with van der Waals surface area (Å²) >= 11 is 5.79. The first kappa shape index (κ1) is 59.8. The molecule has 404 valence electrons. The van der Waals surface area contributed by atoms with Crippen LogP contribution in [0, 0.1) is 11.7 Å². The van der Waals surface area contributed by atoms with Crippen molar-refractivity contribution in [1.82, 2.24) is 39.7 Å².